The van der Waals surface area contributed by atoms with E-state index in [0.717, 1.165) is 22.3 Å². The summed E-state index contributed by atoms with van der Waals surface area (Å²) in [5.41, 5.74) is 4.99. The Hall–Kier alpha value is -4.19. The van der Waals surface area contributed by atoms with Gasteiger partial charge in [-0.05, 0) is 40.5 Å². The van der Waals surface area contributed by atoms with Crippen molar-refractivity contribution in [2.24, 2.45) is 0 Å². The van der Waals surface area contributed by atoms with E-state index >= 15 is 0 Å². The Bertz CT molecular complexity index is 1280. The number of nitrogens with one attached hydrogen (secondary N) is 1. The van der Waals surface area contributed by atoms with Crippen LogP contribution in [0.1, 0.15) is 49.1 Å². The third kappa shape index (κ3) is 4.55. The van der Waals surface area contributed by atoms with Crippen molar-refractivity contribution in [3.8, 4) is 0 Å². The van der Waals surface area contributed by atoms with Crippen molar-refractivity contribution in [1.82, 2.24) is 14.9 Å². The zero-order valence-electron chi connectivity index (χ0n) is 18.0. The molecule has 3 aromatic carbocycles. The van der Waals surface area contributed by atoms with Gasteiger partial charge in [0.15, 0.2) is 0 Å². The van der Waals surface area contributed by atoms with E-state index < -0.39 is 0 Å². The van der Waals surface area contributed by atoms with E-state index in [-0.39, 0.29) is 18.0 Å². The van der Waals surface area contributed by atoms with Crippen molar-refractivity contribution in [1.29, 1.82) is 0 Å². The maximum Gasteiger partial charge on any atom is 0.339 e. The van der Waals surface area contributed by atoms with E-state index in [9.17, 15) is 9.59 Å². The summed E-state index contributed by atoms with van der Waals surface area (Å²) in [7, 11) is 0. The standard InChI is InChI=1S/C27H23N3O3/c31-26(29-16-21-8-4-5-9-22(21)17-30-13-12-28-18-30)20-10-11-24-23(14-20)15-25(33-27(24)32)19-6-2-1-3-7-19/h1-14,18,25H,15-17H2,(H,29,31)/t25-/m0/s1. The van der Waals surface area contributed by atoms with Gasteiger partial charge in [-0.25, -0.2) is 9.78 Å². The van der Waals surface area contributed by atoms with Gasteiger partial charge in [-0.15, -0.1) is 0 Å². The number of esters is 1. The number of benzene rings is 3. The number of rotatable bonds is 6. The highest BCUT2D eigenvalue weighted by atomic mass is 16.5. The van der Waals surface area contributed by atoms with E-state index in [4.69, 9.17) is 4.74 Å². The highest BCUT2D eigenvalue weighted by Crippen LogP contribution is 2.31. The number of aromatic nitrogens is 2. The molecule has 0 radical (unpaired) electrons. The Morgan fingerprint density at radius 3 is 2.61 bits per heavy atom. The molecule has 33 heavy (non-hydrogen) atoms. The molecular weight excluding hydrogens is 414 g/mol. The largest absolute Gasteiger partial charge is 0.454 e. The lowest BCUT2D eigenvalue weighted by molar-refractivity contribution is 0.0252. The maximum atomic E-state index is 12.9. The van der Waals surface area contributed by atoms with Gasteiger partial charge in [0.2, 0.25) is 0 Å². The third-order valence-electron chi connectivity index (χ3n) is 5.88. The monoisotopic (exact) mass is 437 g/mol. The SMILES string of the molecule is O=C(NCc1ccccc1Cn1ccnc1)c1ccc2c(c1)C[C@@H](c1ccccc1)OC2=O. The van der Waals surface area contributed by atoms with Crippen molar-refractivity contribution in [2.75, 3.05) is 0 Å². The molecule has 0 bridgehead atoms. The lowest BCUT2D eigenvalue weighted by Crippen LogP contribution is -2.26. The first kappa shape index (κ1) is 20.7. The van der Waals surface area contributed by atoms with E-state index in [1.165, 1.54) is 0 Å². The Morgan fingerprint density at radius 1 is 1.03 bits per heavy atom. The number of fused-ring (bicyclic) bond motifs is 1. The molecule has 0 saturated heterocycles. The van der Waals surface area contributed by atoms with Crippen LogP contribution >= 0.6 is 0 Å². The van der Waals surface area contributed by atoms with Gasteiger partial charge in [-0.1, -0.05) is 54.6 Å². The lowest BCUT2D eigenvalue weighted by Gasteiger charge is -2.25. The summed E-state index contributed by atoms with van der Waals surface area (Å²) in [4.78, 5) is 29.5. The van der Waals surface area contributed by atoms with Crippen molar-refractivity contribution >= 4 is 11.9 Å². The van der Waals surface area contributed by atoms with E-state index in [0.29, 0.717) is 30.6 Å². The van der Waals surface area contributed by atoms with Gasteiger partial charge in [0, 0.05) is 37.5 Å². The summed E-state index contributed by atoms with van der Waals surface area (Å²) in [6.45, 7) is 1.10. The number of hydrogen-bond acceptors (Lipinski definition) is 4. The van der Waals surface area contributed by atoms with Crippen LogP contribution in [-0.2, 0) is 24.2 Å². The molecule has 1 atom stereocenters. The second kappa shape index (κ2) is 9.12. The van der Waals surface area contributed by atoms with Crippen LogP contribution in [0.2, 0.25) is 0 Å². The Morgan fingerprint density at radius 2 is 1.82 bits per heavy atom. The number of hydrogen-bond donors (Lipinski definition) is 1. The van der Waals surface area contributed by atoms with Crippen molar-refractivity contribution in [3.63, 3.8) is 0 Å². The topological polar surface area (TPSA) is 73.2 Å². The summed E-state index contributed by atoms with van der Waals surface area (Å²) in [6.07, 6.45) is 5.63. The number of ether oxygens (including phenoxy) is 1. The lowest BCUT2D eigenvalue weighted by atomic mass is 9.93. The second-order valence-electron chi connectivity index (χ2n) is 8.07. The fraction of sp³-hybridized carbons (Fsp3) is 0.148. The van der Waals surface area contributed by atoms with Crippen LogP contribution in [0.15, 0.2) is 91.5 Å². The summed E-state index contributed by atoms with van der Waals surface area (Å²) in [5.74, 6) is -0.532. The molecule has 5 rings (SSSR count). The first-order chi connectivity index (χ1) is 16.2. The Labute approximate surface area is 191 Å². The van der Waals surface area contributed by atoms with Gasteiger partial charge in [0.25, 0.3) is 5.91 Å². The molecule has 0 saturated carbocycles. The third-order valence-corrected chi connectivity index (χ3v) is 5.88. The van der Waals surface area contributed by atoms with E-state index in [2.05, 4.69) is 16.4 Å². The molecule has 0 aliphatic carbocycles. The molecule has 0 unspecified atom stereocenters. The van der Waals surface area contributed by atoms with Gasteiger partial charge >= 0.3 is 5.97 Å². The van der Waals surface area contributed by atoms with Gasteiger partial charge in [-0.2, -0.15) is 0 Å². The molecule has 0 spiro atoms. The van der Waals surface area contributed by atoms with Crippen LogP contribution in [0.4, 0.5) is 0 Å². The van der Waals surface area contributed by atoms with Gasteiger partial charge in [0.1, 0.15) is 6.10 Å². The van der Waals surface area contributed by atoms with Crippen LogP contribution in [-0.4, -0.2) is 21.4 Å². The van der Waals surface area contributed by atoms with Crippen LogP contribution in [0.3, 0.4) is 0 Å². The first-order valence-corrected chi connectivity index (χ1v) is 10.9. The maximum absolute atomic E-state index is 12.9. The number of nitrogens with zero attached hydrogens (tertiary/aromatic N) is 2. The van der Waals surface area contributed by atoms with E-state index in [1.807, 2.05) is 59.3 Å². The molecule has 4 aromatic rings. The average molecular weight is 437 g/mol. The molecule has 6 nitrogen and oxygen atoms in total. The van der Waals surface area contributed by atoms with Gasteiger partial charge < -0.3 is 14.6 Å². The smallest absolute Gasteiger partial charge is 0.339 e. The number of cyclic esters (lactones) is 1. The first-order valence-electron chi connectivity index (χ1n) is 10.9. The summed E-state index contributed by atoms with van der Waals surface area (Å²) in [5, 5.41) is 3.02. The predicted molar refractivity (Wildman–Crippen MR) is 124 cm³/mol. The quantitative estimate of drug-likeness (QED) is 0.456. The minimum Gasteiger partial charge on any atom is -0.454 e. The van der Waals surface area contributed by atoms with Crippen LogP contribution in [0.25, 0.3) is 0 Å². The second-order valence-corrected chi connectivity index (χ2v) is 8.07. The molecule has 2 heterocycles. The number of carbonyl (C=O) groups is 2. The fourth-order valence-electron chi connectivity index (χ4n) is 4.13. The summed E-state index contributed by atoms with van der Waals surface area (Å²) in [6, 6.07) is 22.8. The fourth-order valence-corrected chi connectivity index (χ4v) is 4.13. The minimum atomic E-state index is -0.356. The predicted octanol–water partition coefficient (Wildman–Crippen LogP) is 4.32. The minimum absolute atomic E-state index is 0.176. The molecule has 1 N–H and O–H groups in total. The molecule has 1 amide bonds. The molecular formula is C27H23N3O3. The normalized spacial score (nSPS) is 14.9. The molecule has 164 valence electrons. The highest BCUT2D eigenvalue weighted by molar-refractivity contribution is 5.97. The molecule has 0 fully saturated rings. The summed E-state index contributed by atoms with van der Waals surface area (Å²) < 4.78 is 7.61. The number of amides is 1. The molecule has 6 heteroatoms. The molecule has 1 aromatic heterocycles. The van der Waals surface area contributed by atoms with Crippen LogP contribution < -0.4 is 5.32 Å². The molecule has 1 aliphatic rings. The zero-order chi connectivity index (χ0) is 22.6. The highest BCUT2D eigenvalue weighted by Gasteiger charge is 2.28. The summed E-state index contributed by atoms with van der Waals surface area (Å²) >= 11 is 0. The zero-order valence-corrected chi connectivity index (χ0v) is 18.0. The Kier molecular flexibility index (Phi) is 5.72. The van der Waals surface area contributed by atoms with E-state index in [1.54, 1.807) is 30.7 Å². The van der Waals surface area contributed by atoms with Gasteiger partial charge in [-0.3, -0.25) is 4.79 Å². The van der Waals surface area contributed by atoms with Crippen molar-refractivity contribution in [3.05, 3.63) is 125 Å². The van der Waals surface area contributed by atoms with Crippen molar-refractivity contribution in [2.45, 2.75) is 25.6 Å². The Balaban J connectivity index is 1.30. The van der Waals surface area contributed by atoms with Gasteiger partial charge in [0.05, 0.1) is 11.9 Å². The number of carbonyl (C=O) groups excluding carboxylic acids is 2. The van der Waals surface area contributed by atoms with Crippen LogP contribution in [0, 0.1) is 0 Å². The molecule has 1 aliphatic heterocycles. The van der Waals surface area contributed by atoms with Crippen LogP contribution in [0.5, 0.6) is 0 Å². The van der Waals surface area contributed by atoms with Crippen molar-refractivity contribution < 1.29 is 14.3 Å². The average Bonchev–Trinajstić information content (AvgIpc) is 3.36. The number of imidazole rings is 1.